The quantitative estimate of drug-likeness (QED) is 0.546. The van der Waals surface area contributed by atoms with Gasteiger partial charge in [-0.1, -0.05) is 30.9 Å². The maximum absolute atomic E-state index is 12.4. The molecule has 146 valence electrons. The van der Waals surface area contributed by atoms with E-state index in [1.165, 1.54) is 56.9 Å². The van der Waals surface area contributed by atoms with Gasteiger partial charge in [0.05, 0.1) is 0 Å². The third kappa shape index (κ3) is 5.85. The van der Waals surface area contributed by atoms with E-state index in [0.29, 0.717) is 18.8 Å². The van der Waals surface area contributed by atoms with Gasteiger partial charge in [-0.15, -0.1) is 0 Å². The maximum Gasteiger partial charge on any atom is 0.222 e. The molecule has 1 unspecified atom stereocenters. The molecule has 1 atom stereocenters. The maximum atomic E-state index is 12.4. The Balaban J connectivity index is 1.26. The van der Waals surface area contributed by atoms with E-state index < -0.39 is 0 Å². The van der Waals surface area contributed by atoms with Gasteiger partial charge in [0, 0.05) is 32.5 Å². The molecule has 3 rings (SSSR count). The highest BCUT2D eigenvalue weighted by molar-refractivity contribution is 5.77. The fourth-order valence-corrected chi connectivity index (χ4v) is 4.81. The van der Waals surface area contributed by atoms with E-state index in [1.807, 2.05) is 4.90 Å². The average molecular weight is 361 g/mol. The standard InChI is InChI=1S/C22H36N2O2/c25-21(23-16-18-8-2-1-3-9-18)12-6-7-13-22(26)24-15-14-19-10-4-5-11-20(19)17-24/h11,18-19H,1-10,12-17H2,(H,23,25). The Labute approximate surface area is 158 Å². The minimum atomic E-state index is 0.163. The van der Waals surface area contributed by atoms with Gasteiger partial charge in [0.2, 0.25) is 11.8 Å². The number of nitrogens with zero attached hydrogens (tertiary/aromatic N) is 1. The van der Waals surface area contributed by atoms with Crippen LogP contribution in [0.3, 0.4) is 0 Å². The first kappa shape index (κ1) is 19.4. The highest BCUT2D eigenvalue weighted by Gasteiger charge is 2.27. The molecule has 2 fully saturated rings. The minimum Gasteiger partial charge on any atom is -0.356 e. The summed E-state index contributed by atoms with van der Waals surface area (Å²) in [5.41, 5.74) is 1.50. The van der Waals surface area contributed by atoms with E-state index >= 15 is 0 Å². The van der Waals surface area contributed by atoms with Crippen molar-refractivity contribution in [3.63, 3.8) is 0 Å². The van der Waals surface area contributed by atoms with Crippen LogP contribution < -0.4 is 5.32 Å². The highest BCUT2D eigenvalue weighted by atomic mass is 16.2. The van der Waals surface area contributed by atoms with E-state index in [2.05, 4.69) is 11.4 Å². The van der Waals surface area contributed by atoms with Crippen molar-refractivity contribution in [2.24, 2.45) is 11.8 Å². The zero-order valence-electron chi connectivity index (χ0n) is 16.3. The number of hydrogen-bond donors (Lipinski definition) is 1. The molecule has 2 amide bonds. The van der Waals surface area contributed by atoms with Crippen LogP contribution in [0.15, 0.2) is 11.6 Å². The largest absolute Gasteiger partial charge is 0.356 e. The molecule has 0 bridgehead atoms. The van der Waals surface area contributed by atoms with Gasteiger partial charge in [-0.25, -0.2) is 0 Å². The van der Waals surface area contributed by atoms with Crippen molar-refractivity contribution in [1.82, 2.24) is 10.2 Å². The summed E-state index contributed by atoms with van der Waals surface area (Å²) in [6.07, 6.45) is 16.6. The van der Waals surface area contributed by atoms with E-state index in [9.17, 15) is 9.59 Å². The molecule has 0 radical (unpaired) electrons. The molecule has 0 spiro atoms. The van der Waals surface area contributed by atoms with E-state index in [1.54, 1.807) is 0 Å². The Morgan fingerprint density at radius 1 is 1.00 bits per heavy atom. The van der Waals surface area contributed by atoms with Crippen LogP contribution in [0.5, 0.6) is 0 Å². The second-order valence-electron chi connectivity index (χ2n) is 8.53. The van der Waals surface area contributed by atoms with Gasteiger partial charge in [0.25, 0.3) is 0 Å². The highest BCUT2D eigenvalue weighted by Crippen LogP contribution is 2.32. The Bertz CT molecular complexity index is 508. The number of allylic oxidation sites excluding steroid dienone is 1. The molecule has 1 heterocycles. The molecule has 26 heavy (non-hydrogen) atoms. The molecule has 4 heteroatoms. The summed E-state index contributed by atoms with van der Waals surface area (Å²) in [5, 5.41) is 3.09. The topological polar surface area (TPSA) is 49.4 Å². The molecule has 1 saturated carbocycles. The number of likely N-dealkylation sites (tertiary alicyclic amines) is 1. The van der Waals surface area contributed by atoms with Crippen molar-refractivity contribution >= 4 is 11.8 Å². The lowest BCUT2D eigenvalue weighted by molar-refractivity contribution is -0.132. The van der Waals surface area contributed by atoms with Crippen LogP contribution in [0.25, 0.3) is 0 Å². The fraction of sp³-hybridized carbons (Fsp3) is 0.818. The van der Waals surface area contributed by atoms with Crippen LogP contribution >= 0.6 is 0 Å². The Morgan fingerprint density at radius 3 is 2.65 bits per heavy atom. The van der Waals surface area contributed by atoms with Crippen molar-refractivity contribution in [2.75, 3.05) is 19.6 Å². The molecule has 0 aromatic rings. The van der Waals surface area contributed by atoms with Gasteiger partial charge < -0.3 is 10.2 Å². The van der Waals surface area contributed by atoms with Crippen LogP contribution in [0, 0.1) is 11.8 Å². The molecule has 0 aromatic heterocycles. The number of fused-ring (bicyclic) bond motifs is 1. The lowest BCUT2D eigenvalue weighted by atomic mass is 9.82. The van der Waals surface area contributed by atoms with Crippen LogP contribution in [0.2, 0.25) is 0 Å². The van der Waals surface area contributed by atoms with Crippen molar-refractivity contribution in [3.05, 3.63) is 11.6 Å². The van der Waals surface area contributed by atoms with Crippen molar-refractivity contribution in [2.45, 2.75) is 83.5 Å². The lowest BCUT2D eigenvalue weighted by Gasteiger charge is -2.36. The minimum absolute atomic E-state index is 0.163. The first-order valence-electron chi connectivity index (χ1n) is 11.0. The average Bonchev–Trinajstić information content (AvgIpc) is 2.70. The summed E-state index contributed by atoms with van der Waals surface area (Å²) < 4.78 is 0. The van der Waals surface area contributed by atoms with Gasteiger partial charge in [-0.05, 0) is 63.2 Å². The first-order valence-corrected chi connectivity index (χ1v) is 11.0. The smallest absolute Gasteiger partial charge is 0.222 e. The fourth-order valence-electron chi connectivity index (χ4n) is 4.81. The summed E-state index contributed by atoms with van der Waals surface area (Å²) in [5.74, 6) is 1.86. The number of amides is 2. The number of piperidine rings is 1. The molecule has 1 N–H and O–H groups in total. The predicted octanol–water partition coefficient (Wildman–Crippen LogP) is 4.20. The summed E-state index contributed by atoms with van der Waals surface area (Å²) in [4.78, 5) is 26.5. The number of rotatable bonds is 7. The zero-order chi connectivity index (χ0) is 18.2. The van der Waals surface area contributed by atoms with Crippen molar-refractivity contribution < 1.29 is 9.59 Å². The summed E-state index contributed by atoms with van der Waals surface area (Å²) >= 11 is 0. The Morgan fingerprint density at radius 2 is 1.81 bits per heavy atom. The molecule has 1 saturated heterocycles. The van der Waals surface area contributed by atoms with Gasteiger partial charge in [0.1, 0.15) is 0 Å². The summed E-state index contributed by atoms with van der Waals surface area (Å²) in [6.45, 7) is 2.62. The van der Waals surface area contributed by atoms with E-state index in [0.717, 1.165) is 44.8 Å². The van der Waals surface area contributed by atoms with Crippen LogP contribution in [0.4, 0.5) is 0 Å². The molecule has 2 aliphatic carbocycles. The second kappa shape index (κ2) is 10.1. The van der Waals surface area contributed by atoms with Crippen LogP contribution in [-0.2, 0) is 9.59 Å². The molecular weight excluding hydrogens is 324 g/mol. The van der Waals surface area contributed by atoms with Crippen LogP contribution in [0.1, 0.15) is 83.5 Å². The number of unbranched alkanes of at least 4 members (excludes halogenated alkanes) is 1. The molecule has 0 aromatic carbocycles. The summed E-state index contributed by atoms with van der Waals surface area (Å²) in [6, 6.07) is 0. The van der Waals surface area contributed by atoms with E-state index in [-0.39, 0.29) is 11.8 Å². The lowest BCUT2D eigenvalue weighted by Crippen LogP contribution is -2.40. The third-order valence-corrected chi connectivity index (χ3v) is 6.52. The van der Waals surface area contributed by atoms with Gasteiger partial charge >= 0.3 is 0 Å². The predicted molar refractivity (Wildman–Crippen MR) is 105 cm³/mol. The zero-order valence-corrected chi connectivity index (χ0v) is 16.3. The van der Waals surface area contributed by atoms with Crippen LogP contribution in [-0.4, -0.2) is 36.3 Å². The molecular formula is C22H36N2O2. The van der Waals surface area contributed by atoms with Gasteiger partial charge in [-0.3, -0.25) is 9.59 Å². The first-order chi connectivity index (χ1) is 12.7. The van der Waals surface area contributed by atoms with Crippen molar-refractivity contribution in [3.8, 4) is 0 Å². The van der Waals surface area contributed by atoms with Gasteiger partial charge in [0.15, 0.2) is 0 Å². The SMILES string of the molecule is O=C(CCCCC(=O)N1CCC2CCCC=C2C1)NCC1CCCCC1. The molecule has 1 aliphatic heterocycles. The monoisotopic (exact) mass is 360 g/mol. The number of nitrogens with one attached hydrogen (secondary N) is 1. The normalized spacial score (nSPS) is 23.9. The Kier molecular flexibility index (Phi) is 7.57. The Hall–Kier alpha value is -1.32. The van der Waals surface area contributed by atoms with E-state index in [4.69, 9.17) is 0 Å². The number of hydrogen-bond acceptors (Lipinski definition) is 2. The van der Waals surface area contributed by atoms with Gasteiger partial charge in [-0.2, -0.15) is 0 Å². The van der Waals surface area contributed by atoms with Crippen molar-refractivity contribution in [1.29, 1.82) is 0 Å². The number of carbonyl (C=O) groups excluding carboxylic acids is 2. The second-order valence-corrected chi connectivity index (χ2v) is 8.53. The third-order valence-electron chi connectivity index (χ3n) is 6.52. The molecule has 3 aliphatic rings. The summed E-state index contributed by atoms with van der Waals surface area (Å²) in [7, 11) is 0. The number of carbonyl (C=O) groups is 2. The molecule has 4 nitrogen and oxygen atoms in total.